The molecular weight excluding hydrogens is 448 g/mol. The number of hydrogen-bond donors (Lipinski definition) is 3. The Balaban J connectivity index is 1.41. The van der Waals surface area contributed by atoms with Crippen LogP contribution in [0.5, 0.6) is 0 Å². The summed E-state index contributed by atoms with van der Waals surface area (Å²) in [6, 6.07) is 8.07. The lowest BCUT2D eigenvalue weighted by Crippen LogP contribution is -2.53. The summed E-state index contributed by atoms with van der Waals surface area (Å²) < 4.78 is 27.8. The minimum Gasteiger partial charge on any atom is -0.361 e. The first-order chi connectivity index (χ1) is 16.0. The Hall–Kier alpha value is -1.90. The Labute approximate surface area is 205 Å². The van der Waals surface area contributed by atoms with Crippen molar-refractivity contribution in [3.8, 4) is 0 Å². The summed E-state index contributed by atoms with van der Waals surface area (Å²) in [7, 11) is -3.33. The number of rotatable bonds is 10. The quantitative estimate of drug-likeness (QED) is 0.474. The van der Waals surface area contributed by atoms with Crippen LogP contribution in [0.2, 0.25) is 0 Å². The fraction of sp³-hybridized carbons (Fsp3) is 0.654. The summed E-state index contributed by atoms with van der Waals surface area (Å²) in [6.07, 6.45) is 5.32. The van der Waals surface area contributed by atoms with E-state index in [0.29, 0.717) is 25.4 Å². The molecule has 1 unspecified atom stereocenters. The van der Waals surface area contributed by atoms with E-state index < -0.39 is 15.3 Å². The molecule has 1 aliphatic rings. The minimum absolute atomic E-state index is 0.121. The number of aromatic nitrogens is 1. The zero-order valence-electron chi connectivity index (χ0n) is 21.4. The van der Waals surface area contributed by atoms with Gasteiger partial charge in [-0.15, -0.1) is 0 Å². The van der Waals surface area contributed by atoms with Gasteiger partial charge < -0.3 is 15.2 Å². The SMILES string of the molecule is CC(C)S(=O)(=O)NC(CN1CCC(CC(=O)NCCc2c[nH]c3ccccc23)CC1)C(C)(C)C. The van der Waals surface area contributed by atoms with Crippen LogP contribution in [-0.4, -0.2) is 61.7 Å². The predicted molar refractivity (Wildman–Crippen MR) is 139 cm³/mol. The minimum atomic E-state index is -3.33. The van der Waals surface area contributed by atoms with Crippen molar-refractivity contribution in [3.05, 3.63) is 36.0 Å². The molecule has 1 aromatic heterocycles. The molecular formula is C26H42N4O3S. The number of amides is 1. The van der Waals surface area contributed by atoms with Crippen LogP contribution in [-0.2, 0) is 21.2 Å². The Morgan fingerprint density at radius 2 is 1.85 bits per heavy atom. The van der Waals surface area contributed by atoms with E-state index in [9.17, 15) is 13.2 Å². The van der Waals surface area contributed by atoms with E-state index in [1.807, 2.05) is 18.3 Å². The topological polar surface area (TPSA) is 94.3 Å². The second kappa shape index (κ2) is 11.2. The van der Waals surface area contributed by atoms with Crippen molar-refractivity contribution >= 4 is 26.8 Å². The average molecular weight is 491 g/mol. The molecule has 190 valence electrons. The van der Waals surface area contributed by atoms with E-state index in [1.54, 1.807) is 13.8 Å². The summed E-state index contributed by atoms with van der Waals surface area (Å²) in [5.41, 5.74) is 2.18. The lowest BCUT2D eigenvalue weighted by Gasteiger charge is -2.39. The maximum absolute atomic E-state index is 12.5. The van der Waals surface area contributed by atoms with Crippen LogP contribution in [0.4, 0.5) is 0 Å². The molecule has 1 saturated heterocycles. The van der Waals surface area contributed by atoms with Gasteiger partial charge in [-0.05, 0) is 69.2 Å². The molecule has 3 N–H and O–H groups in total. The number of aromatic amines is 1. The van der Waals surface area contributed by atoms with Gasteiger partial charge in [-0.25, -0.2) is 13.1 Å². The number of hydrogen-bond acceptors (Lipinski definition) is 4. The number of nitrogens with zero attached hydrogens (tertiary/aromatic N) is 1. The molecule has 0 saturated carbocycles. The molecule has 0 aliphatic carbocycles. The number of nitrogens with one attached hydrogen (secondary N) is 3. The lowest BCUT2D eigenvalue weighted by atomic mass is 9.86. The van der Waals surface area contributed by atoms with E-state index in [1.165, 1.54) is 10.9 Å². The molecule has 1 aromatic carbocycles. The molecule has 8 heteroatoms. The maximum atomic E-state index is 12.5. The number of H-pyrrole nitrogens is 1. The highest BCUT2D eigenvalue weighted by Gasteiger charge is 2.33. The van der Waals surface area contributed by atoms with Crippen molar-refractivity contribution in [2.45, 2.75) is 71.6 Å². The summed E-state index contributed by atoms with van der Waals surface area (Å²) in [5, 5.41) is 3.86. The number of benzene rings is 1. The summed E-state index contributed by atoms with van der Waals surface area (Å²) in [5.74, 6) is 0.500. The molecule has 2 heterocycles. The number of likely N-dealkylation sites (tertiary alicyclic amines) is 1. The molecule has 7 nitrogen and oxygen atoms in total. The zero-order valence-corrected chi connectivity index (χ0v) is 22.2. The lowest BCUT2D eigenvalue weighted by molar-refractivity contribution is -0.122. The van der Waals surface area contributed by atoms with Crippen molar-refractivity contribution in [2.24, 2.45) is 11.3 Å². The van der Waals surface area contributed by atoms with Crippen LogP contribution in [0.25, 0.3) is 10.9 Å². The smallest absolute Gasteiger partial charge is 0.220 e. The Morgan fingerprint density at radius 1 is 1.18 bits per heavy atom. The summed E-state index contributed by atoms with van der Waals surface area (Å²) >= 11 is 0. The maximum Gasteiger partial charge on any atom is 0.220 e. The summed E-state index contributed by atoms with van der Waals surface area (Å²) in [6.45, 7) is 12.8. The molecule has 3 rings (SSSR count). The number of carbonyl (C=O) groups is 1. The first-order valence-corrected chi connectivity index (χ1v) is 14.1. The normalized spacial score (nSPS) is 17.4. The second-order valence-corrected chi connectivity index (χ2v) is 13.3. The van der Waals surface area contributed by atoms with Crippen LogP contribution in [0.1, 0.15) is 59.4 Å². The van der Waals surface area contributed by atoms with Gasteiger partial charge in [0.15, 0.2) is 0 Å². The highest BCUT2D eigenvalue weighted by molar-refractivity contribution is 7.90. The van der Waals surface area contributed by atoms with Gasteiger partial charge in [0.1, 0.15) is 0 Å². The van der Waals surface area contributed by atoms with Gasteiger partial charge in [-0.3, -0.25) is 4.79 Å². The Kier molecular flexibility index (Phi) is 8.82. The van der Waals surface area contributed by atoms with E-state index in [2.05, 4.69) is 52.8 Å². The number of piperidine rings is 1. The van der Waals surface area contributed by atoms with Gasteiger partial charge >= 0.3 is 0 Å². The van der Waals surface area contributed by atoms with Crippen molar-refractivity contribution in [3.63, 3.8) is 0 Å². The number of fused-ring (bicyclic) bond motifs is 1. The first kappa shape index (κ1) is 26.7. The Bertz CT molecular complexity index is 1050. The van der Waals surface area contributed by atoms with Crippen LogP contribution in [0, 0.1) is 11.3 Å². The van der Waals surface area contributed by atoms with Crippen molar-refractivity contribution in [2.75, 3.05) is 26.2 Å². The third-order valence-corrected chi connectivity index (χ3v) is 8.84. The van der Waals surface area contributed by atoms with Crippen LogP contribution in [0.15, 0.2) is 30.5 Å². The molecule has 1 amide bonds. The summed E-state index contributed by atoms with van der Waals surface area (Å²) in [4.78, 5) is 18.1. The van der Waals surface area contributed by atoms with E-state index >= 15 is 0 Å². The largest absolute Gasteiger partial charge is 0.361 e. The van der Waals surface area contributed by atoms with Crippen LogP contribution in [0.3, 0.4) is 0 Å². The number of carbonyl (C=O) groups excluding carboxylic acids is 1. The molecule has 34 heavy (non-hydrogen) atoms. The van der Waals surface area contributed by atoms with Gasteiger partial charge in [0.05, 0.1) is 5.25 Å². The highest BCUT2D eigenvalue weighted by atomic mass is 32.2. The first-order valence-electron chi connectivity index (χ1n) is 12.5. The molecule has 1 fully saturated rings. The van der Waals surface area contributed by atoms with E-state index in [-0.39, 0.29) is 17.4 Å². The van der Waals surface area contributed by atoms with Gasteiger partial charge in [0, 0.05) is 42.7 Å². The number of sulfonamides is 1. The Morgan fingerprint density at radius 3 is 2.50 bits per heavy atom. The van der Waals surface area contributed by atoms with Gasteiger partial charge in [0.2, 0.25) is 15.9 Å². The zero-order chi connectivity index (χ0) is 24.9. The van der Waals surface area contributed by atoms with E-state index in [0.717, 1.165) is 37.9 Å². The second-order valence-electron chi connectivity index (χ2n) is 11.0. The monoisotopic (exact) mass is 490 g/mol. The average Bonchev–Trinajstić information content (AvgIpc) is 3.17. The third-order valence-electron chi connectivity index (χ3n) is 6.99. The van der Waals surface area contributed by atoms with Gasteiger partial charge in [0.25, 0.3) is 0 Å². The highest BCUT2D eigenvalue weighted by Crippen LogP contribution is 2.25. The fourth-order valence-corrected chi connectivity index (χ4v) is 5.56. The van der Waals surface area contributed by atoms with Gasteiger partial charge in [-0.2, -0.15) is 0 Å². The van der Waals surface area contributed by atoms with Crippen LogP contribution >= 0.6 is 0 Å². The van der Waals surface area contributed by atoms with Crippen molar-refractivity contribution in [1.82, 2.24) is 19.9 Å². The number of para-hydroxylation sites is 1. The molecule has 2 aromatic rings. The van der Waals surface area contributed by atoms with Crippen molar-refractivity contribution in [1.29, 1.82) is 0 Å². The van der Waals surface area contributed by atoms with Crippen molar-refractivity contribution < 1.29 is 13.2 Å². The van der Waals surface area contributed by atoms with E-state index in [4.69, 9.17) is 0 Å². The third kappa shape index (κ3) is 7.30. The molecule has 0 bridgehead atoms. The predicted octanol–water partition coefficient (Wildman–Crippen LogP) is 3.67. The van der Waals surface area contributed by atoms with Gasteiger partial charge in [-0.1, -0.05) is 39.0 Å². The fourth-order valence-electron chi connectivity index (χ4n) is 4.46. The molecule has 0 radical (unpaired) electrons. The molecule has 1 aliphatic heterocycles. The van der Waals surface area contributed by atoms with Crippen LogP contribution < -0.4 is 10.0 Å². The molecule has 1 atom stereocenters. The standard InChI is InChI=1S/C26H42N4O3S/c1-19(2)34(32,33)29-24(26(3,4)5)18-30-14-11-20(12-15-30)16-25(31)27-13-10-21-17-28-23-9-7-6-8-22(21)23/h6-9,17,19-20,24,28-29H,10-16,18H2,1-5H3,(H,27,31). The molecule has 0 spiro atoms.